The predicted molar refractivity (Wildman–Crippen MR) is 126 cm³/mol. The fourth-order valence-electron chi connectivity index (χ4n) is 3.88. The molecule has 0 radical (unpaired) electrons. The fraction of sp³-hybridized carbons (Fsp3) is 0.192. The second-order valence-electron chi connectivity index (χ2n) is 7.75. The number of nitrogens with zero attached hydrogens (tertiary/aromatic N) is 2. The summed E-state index contributed by atoms with van der Waals surface area (Å²) >= 11 is 0. The highest BCUT2D eigenvalue weighted by atomic mass is 16.7. The van der Waals surface area contributed by atoms with Crippen molar-refractivity contribution < 1.29 is 33.5 Å². The van der Waals surface area contributed by atoms with E-state index in [0.29, 0.717) is 23.7 Å². The van der Waals surface area contributed by atoms with Crippen LogP contribution in [0, 0.1) is 0 Å². The van der Waals surface area contributed by atoms with Gasteiger partial charge in [0.05, 0.1) is 42.9 Å². The van der Waals surface area contributed by atoms with Crippen molar-refractivity contribution in [3.63, 3.8) is 0 Å². The van der Waals surface area contributed by atoms with Crippen molar-refractivity contribution in [3.05, 3.63) is 89.2 Å². The first-order valence-corrected chi connectivity index (χ1v) is 11.1. The van der Waals surface area contributed by atoms with Crippen molar-refractivity contribution in [2.24, 2.45) is 0 Å². The minimum absolute atomic E-state index is 0.145. The van der Waals surface area contributed by atoms with Gasteiger partial charge in [-0.1, -0.05) is 18.2 Å². The van der Waals surface area contributed by atoms with Gasteiger partial charge in [-0.15, -0.1) is 0 Å². The van der Waals surface area contributed by atoms with Gasteiger partial charge in [0.15, 0.2) is 11.5 Å². The molecule has 184 valence electrons. The van der Waals surface area contributed by atoms with Crippen LogP contribution in [0.4, 0.5) is 0 Å². The number of imide groups is 1. The maximum Gasteiger partial charge on any atom is 0.364 e. The van der Waals surface area contributed by atoms with Gasteiger partial charge in [-0.2, -0.15) is 5.48 Å². The molecule has 1 aromatic heterocycles. The van der Waals surface area contributed by atoms with Crippen LogP contribution in [-0.4, -0.2) is 47.3 Å². The lowest BCUT2D eigenvalue weighted by atomic mass is 10.0. The number of methoxy groups -OCH3 is 1. The molecule has 3 aromatic rings. The van der Waals surface area contributed by atoms with Gasteiger partial charge in [0.2, 0.25) is 0 Å². The quantitative estimate of drug-likeness (QED) is 0.378. The highest BCUT2D eigenvalue weighted by molar-refractivity contribution is 6.21. The number of carbonyl (C=O) groups is 4. The molecule has 0 bridgehead atoms. The number of benzene rings is 2. The minimum Gasteiger partial charge on any atom is -0.493 e. The van der Waals surface area contributed by atoms with Crippen LogP contribution in [-0.2, 0) is 9.63 Å². The summed E-state index contributed by atoms with van der Waals surface area (Å²) in [7, 11) is 1.49. The Labute approximate surface area is 206 Å². The standard InChI is InChI=1S/C26H23N3O7/c1-3-35-22-13-16(10-11-21(22)34-2)20(29-24(31)18-8-4-5-9-19(18)25(29)32)14-23(30)28-36-26(33)17-7-6-12-27-15-17/h4-13,15,20H,3,14H2,1-2H3,(H,28,30)/t20-/m1/s1. The minimum atomic E-state index is -1.01. The van der Waals surface area contributed by atoms with E-state index in [9.17, 15) is 19.2 Å². The number of nitrogens with one attached hydrogen (secondary N) is 1. The molecule has 1 aliphatic heterocycles. The average Bonchev–Trinajstić information content (AvgIpc) is 3.16. The van der Waals surface area contributed by atoms with E-state index in [2.05, 4.69) is 10.5 Å². The largest absolute Gasteiger partial charge is 0.493 e. The zero-order valence-electron chi connectivity index (χ0n) is 19.6. The number of pyridine rings is 1. The molecule has 10 heteroatoms. The van der Waals surface area contributed by atoms with E-state index in [1.54, 1.807) is 55.5 Å². The number of fused-ring (bicyclic) bond motifs is 1. The van der Waals surface area contributed by atoms with Crippen LogP contribution in [0.2, 0.25) is 0 Å². The van der Waals surface area contributed by atoms with Crippen LogP contribution < -0.4 is 15.0 Å². The number of ether oxygens (including phenoxy) is 2. The lowest BCUT2D eigenvalue weighted by molar-refractivity contribution is -0.130. The zero-order chi connectivity index (χ0) is 25.7. The van der Waals surface area contributed by atoms with Gasteiger partial charge in [0.1, 0.15) is 0 Å². The average molecular weight is 489 g/mol. The number of rotatable bonds is 8. The van der Waals surface area contributed by atoms with E-state index in [1.807, 2.05) is 0 Å². The van der Waals surface area contributed by atoms with Gasteiger partial charge in [0, 0.05) is 12.4 Å². The Hall–Kier alpha value is -4.73. The maximum absolute atomic E-state index is 13.2. The number of hydrogen-bond donors (Lipinski definition) is 1. The van der Waals surface area contributed by atoms with E-state index >= 15 is 0 Å². The molecule has 0 aliphatic carbocycles. The van der Waals surface area contributed by atoms with E-state index in [4.69, 9.17) is 14.3 Å². The Morgan fingerprint density at radius 3 is 2.33 bits per heavy atom. The normalized spacial score (nSPS) is 13.1. The smallest absolute Gasteiger partial charge is 0.364 e. The Bertz CT molecular complexity index is 1270. The van der Waals surface area contributed by atoms with Gasteiger partial charge in [-0.3, -0.25) is 24.3 Å². The highest BCUT2D eigenvalue weighted by Gasteiger charge is 2.41. The van der Waals surface area contributed by atoms with Crippen molar-refractivity contribution in [2.75, 3.05) is 13.7 Å². The maximum atomic E-state index is 13.2. The second-order valence-corrected chi connectivity index (χ2v) is 7.75. The molecule has 0 fully saturated rings. The topological polar surface area (TPSA) is 124 Å². The van der Waals surface area contributed by atoms with Crippen molar-refractivity contribution >= 4 is 23.7 Å². The summed E-state index contributed by atoms with van der Waals surface area (Å²) in [6.45, 7) is 2.15. The van der Waals surface area contributed by atoms with Gasteiger partial charge >= 0.3 is 5.97 Å². The molecule has 1 N–H and O–H groups in total. The molecule has 1 atom stereocenters. The molecule has 2 heterocycles. The summed E-state index contributed by atoms with van der Waals surface area (Å²) < 4.78 is 11.0. The first-order chi connectivity index (χ1) is 17.4. The summed E-state index contributed by atoms with van der Waals surface area (Å²) in [5, 5.41) is 0. The zero-order valence-corrected chi connectivity index (χ0v) is 19.6. The van der Waals surface area contributed by atoms with Gasteiger partial charge < -0.3 is 14.3 Å². The summed E-state index contributed by atoms with van der Waals surface area (Å²) in [6.07, 6.45) is 2.42. The molecule has 1 aliphatic rings. The SMILES string of the molecule is CCOc1cc([C@@H](CC(=O)NOC(=O)c2cccnc2)N2C(=O)c3ccccc3C2=O)ccc1OC. The molecule has 10 nitrogen and oxygen atoms in total. The second kappa shape index (κ2) is 10.7. The van der Waals surface area contributed by atoms with Crippen molar-refractivity contribution in [1.29, 1.82) is 0 Å². The van der Waals surface area contributed by atoms with Crippen LogP contribution in [0.1, 0.15) is 56.0 Å². The number of hydroxylamine groups is 1. The van der Waals surface area contributed by atoms with Crippen molar-refractivity contribution in [1.82, 2.24) is 15.4 Å². The Morgan fingerprint density at radius 2 is 1.72 bits per heavy atom. The third-order valence-corrected chi connectivity index (χ3v) is 5.54. The van der Waals surface area contributed by atoms with Crippen molar-refractivity contribution in [2.45, 2.75) is 19.4 Å². The Kier molecular flexibility index (Phi) is 7.24. The predicted octanol–water partition coefficient (Wildman–Crippen LogP) is 3.10. The summed E-state index contributed by atoms with van der Waals surface area (Å²) in [6, 6.07) is 13.3. The summed E-state index contributed by atoms with van der Waals surface area (Å²) in [5.41, 5.74) is 3.19. The molecule has 0 saturated carbocycles. The third kappa shape index (κ3) is 4.88. The summed E-state index contributed by atoms with van der Waals surface area (Å²) in [4.78, 5) is 61.2. The lowest BCUT2D eigenvalue weighted by Gasteiger charge is -2.27. The number of carbonyl (C=O) groups excluding carboxylic acids is 4. The van der Waals surface area contributed by atoms with Gasteiger partial charge in [-0.25, -0.2) is 4.79 Å². The van der Waals surface area contributed by atoms with Crippen LogP contribution in [0.5, 0.6) is 11.5 Å². The Balaban J connectivity index is 1.62. The molecular weight excluding hydrogens is 466 g/mol. The molecule has 3 amide bonds. The van der Waals surface area contributed by atoms with Crippen molar-refractivity contribution in [3.8, 4) is 11.5 Å². The number of amides is 3. The third-order valence-electron chi connectivity index (χ3n) is 5.54. The fourth-order valence-corrected chi connectivity index (χ4v) is 3.88. The Morgan fingerprint density at radius 1 is 1.00 bits per heavy atom. The van der Waals surface area contributed by atoms with E-state index < -0.39 is 29.7 Å². The van der Waals surface area contributed by atoms with Crippen LogP contribution in [0.3, 0.4) is 0 Å². The lowest BCUT2D eigenvalue weighted by Crippen LogP contribution is -2.38. The van der Waals surface area contributed by atoms with E-state index in [0.717, 1.165) is 4.90 Å². The van der Waals surface area contributed by atoms with Crippen LogP contribution in [0.25, 0.3) is 0 Å². The molecular formula is C26H23N3O7. The molecule has 0 spiro atoms. The van der Waals surface area contributed by atoms with Gasteiger partial charge in [0.25, 0.3) is 17.7 Å². The molecule has 0 unspecified atom stereocenters. The molecule has 0 saturated heterocycles. The molecule has 4 rings (SSSR count). The highest BCUT2D eigenvalue weighted by Crippen LogP contribution is 2.37. The van der Waals surface area contributed by atoms with Gasteiger partial charge in [-0.05, 0) is 48.9 Å². The first-order valence-electron chi connectivity index (χ1n) is 11.1. The van der Waals surface area contributed by atoms with E-state index in [-0.39, 0.29) is 23.1 Å². The van der Waals surface area contributed by atoms with Crippen LogP contribution >= 0.6 is 0 Å². The molecule has 2 aromatic carbocycles. The summed E-state index contributed by atoms with van der Waals surface area (Å²) in [5.74, 6) is -1.75. The van der Waals surface area contributed by atoms with E-state index in [1.165, 1.54) is 25.6 Å². The first kappa shape index (κ1) is 24.4. The van der Waals surface area contributed by atoms with Crippen LogP contribution in [0.15, 0.2) is 67.0 Å². The number of hydrogen-bond acceptors (Lipinski definition) is 8. The number of aromatic nitrogens is 1. The molecule has 36 heavy (non-hydrogen) atoms. The monoisotopic (exact) mass is 489 g/mol.